The van der Waals surface area contributed by atoms with Crippen molar-refractivity contribution >= 4 is 5.96 Å². The maximum Gasteiger partial charge on any atom is 0.191 e. The Morgan fingerprint density at radius 2 is 2.08 bits per heavy atom. The van der Waals surface area contributed by atoms with Crippen LogP contribution in [0.15, 0.2) is 29.3 Å². The molecule has 1 fully saturated rings. The molecule has 0 saturated carbocycles. The van der Waals surface area contributed by atoms with Crippen molar-refractivity contribution in [1.29, 1.82) is 0 Å². The smallest absolute Gasteiger partial charge is 0.191 e. The molecule has 0 radical (unpaired) electrons. The number of aryl methyl sites for hydroxylation is 1. The first-order valence-electron chi connectivity index (χ1n) is 9.65. The standard InChI is InChI=1S/C20H35N5O/c1-17-7-5-8-19(15-17)26-18(2)16-23-20(21-3)22-9-12-25-11-6-10-24(4)13-14-25/h5,7-8,15,18H,6,9-14,16H2,1-4H3,(H2,21,22,23). The maximum absolute atomic E-state index is 5.96. The molecule has 0 aliphatic carbocycles. The Hall–Kier alpha value is -1.79. The number of hydrogen-bond acceptors (Lipinski definition) is 4. The number of rotatable bonds is 7. The van der Waals surface area contributed by atoms with Crippen molar-refractivity contribution in [1.82, 2.24) is 20.4 Å². The van der Waals surface area contributed by atoms with E-state index in [-0.39, 0.29) is 6.10 Å². The minimum absolute atomic E-state index is 0.0662. The molecule has 0 amide bonds. The third-order valence-electron chi connectivity index (χ3n) is 4.64. The van der Waals surface area contributed by atoms with Crippen LogP contribution in [-0.2, 0) is 0 Å². The number of aliphatic imine (C=N–C) groups is 1. The molecule has 146 valence electrons. The lowest BCUT2D eigenvalue weighted by Crippen LogP contribution is -2.44. The van der Waals surface area contributed by atoms with Gasteiger partial charge in [-0.15, -0.1) is 0 Å². The summed E-state index contributed by atoms with van der Waals surface area (Å²) in [5.41, 5.74) is 1.21. The van der Waals surface area contributed by atoms with Gasteiger partial charge in [0.15, 0.2) is 5.96 Å². The average Bonchev–Trinajstić information content (AvgIpc) is 2.82. The van der Waals surface area contributed by atoms with E-state index in [0.717, 1.165) is 37.9 Å². The van der Waals surface area contributed by atoms with E-state index in [1.54, 1.807) is 0 Å². The third kappa shape index (κ3) is 7.62. The van der Waals surface area contributed by atoms with Gasteiger partial charge in [0.1, 0.15) is 11.9 Å². The minimum Gasteiger partial charge on any atom is -0.489 e. The van der Waals surface area contributed by atoms with Crippen LogP contribution in [0.25, 0.3) is 0 Å². The summed E-state index contributed by atoms with van der Waals surface area (Å²) in [4.78, 5) is 9.23. The molecule has 0 spiro atoms. The van der Waals surface area contributed by atoms with Crippen molar-refractivity contribution in [2.24, 2.45) is 4.99 Å². The fourth-order valence-electron chi connectivity index (χ4n) is 3.08. The average molecular weight is 362 g/mol. The van der Waals surface area contributed by atoms with E-state index >= 15 is 0 Å². The van der Waals surface area contributed by atoms with Crippen molar-refractivity contribution in [3.8, 4) is 5.75 Å². The summed E-state index contributed by atoms with van der Waals surface area (Å²) in [7, 11) is 4.01. The van der Waals surface area contributed by atoms with Gasteiger partial charge in [-0.3, -0.25) is 4.99 Å². The highest BCUT2D eigenvalue weighted by Gasteiger charge is 2.12. The normalized spacial score (nSPS) is 18.2. The van der Waals surface area contributed by atoms with Gasteiger partial charge in [0.05, 0.1) is 6.54 Å². The zero-order chi connectivity index (χ0) is 18.8. The Kier molecular flexibility index (Phi) is 8.71. The summed E-state index contributed by atoms with van der Waals surface area (Å²) in [6.45, 7) is 11.5. The highest BCUT2D eigenvalue weighted by Crippen LogP contribution is 2.13. The molecule has 6 heteroatoms. The Bertz CT molecular complexity index is 563. The number of likely N-dealkylation sites (N-methyl/N-ethyl adjacent to an activating group) is 1. The van der Waals surface area contributed by atoms with Gasteiger partial charge in [-0.25, -0.2) is 0 Å². The Labute approximate surface area is 158 Å². The van der Waals surface area contributed by atoms with Crippen LogP contribution in [0.2, 0.25) is 0 Å². The SMILES string of the molecule is CN=C(NCCN1CCCN(C)CC1)NCC(C)Oc1cccc(C)c1. The molecule has 1 atom stereocenters. The van der Waals surface area contributed by atoms with Gasteiger partial charge in [-0.2, -0.15) is 0 Å². The molecule has 2 N–H and O–H groups in total. The summed E-state index contributed by atoms with van der Waals surface area (Å²) in [6.07, 6.45) is 1.31. The number of nitrogens with one attached hydrogen (secondary N) is 2. The Balaban J connectivity index is 1.65. The van der Waals surface area contributed by atoms with E-state index in [9.17, 15) is 0 Å². The van der Waals surface area contributed by atoms with E-state index in [4.69, 9.17) is 4.74 Å². The number of nitrogens with zero attached hydrogens (tertiary/aromatic N) is 3. The molecular weight excluding hydrogens is 326 g/mol. The molecule has 6 nitrogen and oxygen atoms in total. The number of guanidine groups is 1. The molecule has 1 unspecified atom stereocenters. The van der Waals surface area contributed by atoms with Crippen LogP contribution >= 0.6 is 0 Å². The summed E-state index contributed by atoms with van der Waals surface area (Å²) >= 11 is 0. The second-order valence-electron chi connectivity index (χ2n) is 7.12. The van der Waals surface area contributed by atoms with Crippen molar-refractivity contribution < 1.29 is 4.74 Å². The highest BCUT2D eigenvalue weighted by molar-refractivity contribution is 5.79. The molecule has 1 saturated heterocycles. The first kappa shape index (κ1) is 20.5. The second-order valence-corrected chi connectivity index (χ2v) is 7.12. The summed E-state index contributed by atoms with van der Waals surface area (Å²) in [5.74, 6) is 1.74. The van der Waals surface area contributed by atoms with E-state index < -0.39 is 0 Å². The largest absolute Gasteiger partial charge is 0.489 e. The number of hydrogen-bond donors (Lipinski definition) is 2. The van der Waals surface area contributed by atoms with E-state index in [1.165, 1.54) is 25.1 Å². The van der Waals surface area contributed by atoms with E-state index in [2.05, 4.69) is 58.5 Å². The molecule has 1 aliphatic heterocycles. The van der Waals surface area contributed by atoms with Crippen molar-refractivity contribution in [2.75, 3.05) is 59.9 Å². The van der Waals surface area contributed by atoms with Gasteiger partial charge < -0.3 is 25.2 Å². The Morgan fingerprint density at radius 1 is 1.23 bits per heavy atom. The minimum atomic E-state index is 0.0662. The van der Waals surface area contributed by atoms with Crippen LogP contribution in [0.3, 0.4) is 0 Å². The second kappa shape index (κ2) is 11.0. The maximum atomic E-state index is 5.96. The first-order valence-corrected chi connectivity index (χ1v) is 9.65. The zero-order valence-corrected chi connectivity index (χ0v) is 16.8. The van der Waals surface area contributed by atoms with Crippen LogP contribution in [0.1, 0.15) is 18.9 Å². The third-order valence-corrected chi connectivity index (χ3v) is 4.64. The topological polar surface area (TPSA) is 52.1 Å². The molecule has 1 heterocycles. The van der Waals surface area contributed by atoms with E-state index in [1.807, 2.05) is 19.2 Å². The van der Waals surface area contributed by atoms with Gasteiger partial charge in [0.25, 0.3) is 0 Å². The van der Waals surface area contributed by atoms with Gasteiger partial charge in [-0.05, 0) is 58.1 Å². The van der Waals surface area contributed by atoms with Crippen LogP contribution in [0, 0.1) is 6.92 Å². The van der Waals surface area contributed by atoms with Crippen LogP contribution < -0.4 is 15.4 Å². The monoisotopic (exact) mass is 361 g/mol. The van der Waals surface area contributed by atoms with Gasteiger partial charge in [0.2, 0.25) is 0 Å². The van der Waals surface area contributed by atoms with Crippen molar-refractivity contribution in [2.45, 2.75) is 26.4 Å². The summed E-state index contributed by atoms with van der Waals surface area (Å²) in [6, 6.07) is 8.15. The number of benzene rings is 1. The van der Waals surface area contributed by atoms with Gasteiger partial charge in [-0.1, -0.05) is 12.1 Å². The molecule has 1 aliphatic rings. The fraction of sp³-hybridized carbons (Fsp3) is 0.650. The van der Waals surface area contributed by atoms with Crippen molar-refractivity contribution in [3.63, 3.8) is 0 Å². The molecule has 0 aromatic heterocycles. The Morgan fingerprint density at radius 3 is 2.85 bits per heavy atom. The zero-order valence-electron chi connectivity index (χ0n) is 16.8. The molecule has 26 heavy (non-hydrogen) atoms. The lowest BCUT2D eigenvalue weighted by Gasteiger charge is -2.21. The lowest BCUT2D eigenvalue weighted by atomic mass is 10.2. The van der Waals surface area contributed by atoms with Crippen LogP contribution in [0.5, 0.6) is 5.75 Å². The lowest BCUT2D eigenvalue weighted by molar-refractivity contribution is 0.223. The molecule has 1 aromatic carbocycles. The molecule has 1 aromatic rings. The predicted octanol–water partition coefficient (Wildman–Crippen LogP) is 1.56. The summed E-state index contributed by atoms with van der Waals surface area (Å²) < 4.78 is 5.96. The highest BCUT2D eigenvalue weighted by atomic mass is 16.5. The van der Waals surface area contributed by atoms with Gasteiger partial charge in [0, 0.05) is 33.2 Å². The first-order chi connectivity index (χ1) is 12.6. The van der Waals surface area contributed by atoms with E-state index in [0.29, 0.717) is 6.54 Å². The molecular formula is C20H35N5O. The summed E-state index contributed by atoms with van der Waals surface area (Å²) in [5, 5.41) is 6.75. The van der Waals surface area contributed by atoms with Crippen molar-refractivity contribution in [3.05, 3.63) is 29.8 Å². The van der Waals surface area contributed by atoms with Crippen LogP contribution in [-0.4, -0.2) is 81.8 Å². The number of ether oxygens (including phenoxy) is 1. The predicted molar refractivity (Wildman–Crippen MR) is 109 cm³/mol. The fourth-order valence-corrected chi connectivity index (χ4v) is 3.08. The molecule has 2 rings (SSSR count). The molecule has 0 bridgehead atoms. The van der Waals surface area contributed by atoms with Crippen LogP contribution in [0.4, 0.5) is 0 Å². The quantitative estimate of drug-likeness (QED) is 0.570. The van der Waals surface area contributed by atoms with Gasteiger partial charge >= 0.3 is 0 Å².